The summed E-state index contributed by atoms with van der Waals surface area (Å²) in [4.78, 5) is 70.4. The molecule has 4 amide bonds. The molecule has 4 aromatic carbocycles. The van der Waals surface area contributed by atoms with Gasteiger partial charge in [0.15, 0.2) is 0 Å². The Bertz CT molecular complexity index is 2190. The van der Waals surface area contributed by atoms with E-state index in [-0.39, 0.29) is 30.0 Å². The van der Waals surface area contributed by atoms with Crippen LogP contribution in [0.1, 0.15) is 35.4 Å². The van der Waals surface area contributed by atoms with Gasteiger partial charge in [0.25, 0.3) is 17.5 Å². The van der Waals surface area contributed by atoms with Crippen LogP contribution in [0.15, 0.2) is 113 Å². The number of nitro groups is 1. The Morgan fingerprint density at radius 1 is 0.882 bits per heavy atom. The lowest BCUT2D eigenvalue weighted by Crippen LogP contribution is -2.53. The minimum absolute atomic E-state index is 0.0750. The molecule has 0 aromatic heterocycles. The normalized spacial score (nSPS) is 26.8. The number of nitrogens with one attached hydrogen (secondary N) is 1. The highest BCUT2D eigenvalue weighted by Crippen LogP contribution is 2.65. The quantitative estimate of drug-likeness (QED) is 0.0975. The van der Waals surface area contributed by atoms with Crippen LogP contribution in [0.5, 0.6) is 5.75 Å². The Balaban J connectivity index is 1.31. The number of imide groups is 2. The average Bonchev–Trinajstić information content (AvgIpc) is 3.51. The van der Waals surface area contributed by atoms with E-state index in [0.717, 1.165) is 15.5 Å². The Labute approximate surface area is 300 Å². The predicted molar refractivity (Wildman–Crippen MR) is 190 cm³/mol. The van der Waals surface area contributed by atoms with Gasteiger partial charge in [-0.05, 0) is 67.6 Å². The molecule has 3 fully saturated rings. The lowest BCUT2D eigenvalue weighted by atomic mass is 9.49. The Morgan fingerprint density at radius 2 is 1.63 bits per heavy atom. The van der Waals surface area contributed by atoms with Gasteiger partial charge < -0.3 is 5.11 Å². The van der Waals surface area contributed by atoms with Gasteiger partial charge in [-0.3, -0.25) is 34.7 Å². The summed E-state index contributed by atoms with van der Waals surface area (Å²) in [6, 6.07) is 26.7. The van der Waals surface area contributed by atoms with Crippen molar-refractivity contribution < 1.29 is 29.2 Å². The van der Waals surface area contributed by atoms with E-state index in [1.807, 2.05) is 43.3 Å². The van der Waals surface area contributed by atoms with E-state index in [1.54, 1.807) is 36.4 Å². The van der Waals surface area contributed by atoms with Crippen LogP contribution in [0.3, 0.4) is 0 Å². The van der Waals surface area contributed by atoms with E-state index in [1.165, 1.54) is 30.3 Å². The van der Waals surface area contributed by atoms with Gasteiger partial charge in [-0.1, -0.05) is 81.7 Å². The molecule has 51 heavy (non-hydrogen) atoms. The van der Waals surface area contributed by atoms with Gasteiger partial charge in [-0.15, -0.1) is 0 Å². The summed E-state index contributed by atoms with van der Waals surface area (Å²) >= 11 is 3.54. The monoisotopic (exact) mass is 746 g/mol. The number of carbonyl (C=O) groups excluding carboxylic acids is 4. The zero-order chi connectivity index (χ0) is 35.8. The number of rotatable bonds is 6. The van der Waals surface area contributed by atoms with Crippen molar-refractivity contribution in [1.82, 2.24) is 5.01 Å². The number of allylic oxidation sites excluding steroid dienone is 2. The van der Waals surface area contributed by atoms with Gasteiger partial charge in [0, 0.05) is 28.1 Å². The Kier molecular flexibility index (Phi) is 7.67. The summed E-state index contributed by atoms with van der Waals surface area (Å²) in [5, 5.41) is 24.2. The van der Waals surface area contributed by atoms with Crippen molar-refractivity contribution in [2.45, 2.75) is 31.1 Å². The van der Waals surface area contributed by atoms with Crippen molar-refractivity contribution in [2.24, 2.45) is 23.7 Å². The third-order valence-electron chi connectivity index (χ3n) is 11.0. The number of hydrazine groups is 1. The maximum absolute atomic E-state index is 15.2. The number of anilines is 2. The summed E-state index contributed by atoms with van der Waals surface area (Å²) in [5.41, 5.74) is 4.58. The van der Waals surface area contributed by atoms with Gasteiger partial charge in [0.05, 0.1) is 39.5 Å². The first-order valence-corrected chi connectivity index (χ1v) is 17.4. The molecule has 11 nitrogen and oxygen atoms in total. The molecule has 0 spiro atoms. The largest absolute Gasteiger partial charge is 0.508 e. The number of phenolic OH excluding ortho intramolecular Hbond substituents is 1. The maximum Gasteiger partial charge on any atom is 0.271 e. The van der Waals surface area contributed by atoms with Gasteiger partial charge in [0.1, 0.15) is 5.75 Å². The second-order valence-electron chi connectivity index (χ2n) is 13.6. The van der Waals surface area contributed by atoms with E-state index >= 15 is 4.79 Å². The van der Waals surface area contributed by atoms with Gasteiger partial charge in [0.2, 0.25) is 11.8 Å². The lowest BCUT2D eigenvalue weighted by molar-refractivity contribution is -0.384. The molecule has 2 aliphatic heterocycles. The molecular formula is C39H31BrN4O7. The SMILES string of the molecule is Cc1ccc(NN2C(=O)[C@@H]3C[C@@H]4C(=CC[C@@H]5C(=O)N(c6cccc([N+](=O)[O-])c6)C(=O)[C@@H]54)[C@H](c4cc(Br)ccc4O)[C@]3(c3ccccc3)C2=O)cc1. The first-order valence-electron chi connectivity index (χ1n) is 16.6. The number of halogens is 1. The fourth-order valence-electron chi connectivity index (χ4n) is 8.85. The summed E-state index contributed by atoms with van der Waals surface area (Å²) in [5.74, 6) is -6.30. The molecule has 6 atom stereocenters. The van der Waals surface area contributed by atoms with E-state index in [2.05, 4.69) is 21.4 Å². The summed E-state index contributed by atoms with van der Waals surface area (Å²) in [6.45, 7) is 1.93. The molecule has 2 saturated heterocycles. The summed E-state index contributed by atoms with van der Waals surface area (Å²) in [7, 11) is 0. The van der Waals surface area contributed by atoms with Crippen molar-refractivity contribution in [1.29, 1.82) is 0 Å². The van der Waals surface area contributed by atoms with Crippen LogP contribution in [0.2, 0.25) is 0 Å². The van der Waals surface area contributed by atoms with Crippen LogP contribution in [-0.4, -0.2) is 38.7 Å². The van der Waals surface area contributed by atoms with E-state index in [4.69, 9.17) is 0 Å². The third-order valence-corrected chi connectivity index (χ3v) is 11.5. The molecule has 2 aliphatic carbocycles. The summed E-state index contributed by atoms with van der Waals surface area (Å²) in [6.07, 6.45) is 2.14. The smallest absolute Gasteiger partial charge is 0.271 e. The number of phenols is 1. The number of benzene rings is 4. The Morgan fingerprint density at radius 3 is 2.35 bits per heavy atom. The number of hydrogen-bond donors (Lipinski definition) is 2. The van der Waals surface area contributed by atoms with Crippen LogP contribution in [0.4, 0.5) is 17.1 Å². The van der Waals surface area contributed by atoms with Crippen molar-refractivity contribution >= 4 is 56.6 Å². The second kappa shape index (κ2) is 12.0. The number of nitrogens with zero attached hydrogens (tertiary/aromatic N) is 3. The number of amides is 4. The highest BCUT2D eigenvalue weighted by Gasteiger charge is 2.70. The highest BCUT2D eigenvalue weighted by molar-refractivity contribution is 9.10. The minimum Gasteiger partial charge on any atom is -0.508 e. The lowest BCUT2D eigenvalue weighted by Gasteiger charge is -2.50. The number of non-ortho nitro benzene ring substituents is 1. The molecule has 2 heterocycles. The van der Waals surface area contributed by atoms with Crippen LogP contribution in [0.25, 0.3) is 0 Å². The molecule has 1 saturated carbocycles. The minimum atomic E-state index is -1.53. The van der Waals surface area contributed by atoms with Gasteiger partial charge in [-0.2, -0.15) is 5.01 Å². The average molecular weight is 748 g/mol. The molecule has 0 bridgehead atoms. The zero-order valence-electron chi connectivity index (χ0n) is 27.2. The molecule has 0 radical (unpaired) electrons. The fourth-order valence-corrected chi connectivity index (χ4v) is 9.23. The highest BCUT2D eigenvalue weighted by atomic mass is 79.9. The number of nitro benzene ring substituents is 1. The molecule has 4 aliphatic rings. The topological polar surface area (TPSA) is 150 Å². The maximum atomic E-state index is 15.2. The molecule has 8 rings (SSSR count). The van der Waals surface area contributed by atoms with E-state index < -0.39 is 63.6 Å². The van der Waals surface area contributed by atoms with Gasteiger partial charge >= 0.3 is 0 Å². The number of carbonyl (C=O) groups is 4. The van der Waals surface area contributed by atoms with Crippen LogP contribution in [0, 0.1) is 40.7 Å². The molecule has 256 valence electrons. The Hall–Kier alpha value is -5.62. The number of fused-ring (bicyclic) bond motifs is 4. The van der Waals surface area contributed by atoms with Gasteiger partial charge in [-0.25, -0.2) is 4.90 Å². The van der Waals surface area contributed by atoms with Crippen LogP contribution in [-0.2, 0) is 24.6 Å². The van der Waals surface area contributed by atoms with E-state index in [0.29, 0.717) is 26.9 Å². The molecular weight excluding hydrogens is 716 g/mol. The predicted octanol–water partition coefficient (Wildman–Crippen LogP) is 6.56. The van der Waals surface area contributed by atoms with Crippen LogP contribution < -0.4 is 10.3 Å². The van der Waals surface area contributed by atoms with E-state index in [9.17, 15) is 29.6 Å². The molecule has 0 unspecified atom stereocenters. The van der Waals surface area contributed by atoms with Crippen LogP contribution >= 0.6 is 15.9 Å². The second-order valence-corrected chi connectivity index (χ2v) is 14.5. The van der Waals surface area contributed by atoms with Crippen molar-refractivity contribution in [3.8, 4) is 5.75 Å². The molecule has 12 heteroatoms. The fraction of sp³-hybridized carbons (Fsp3) is 0.231. The third kappa shape index (κ3) is 4.84. The molecule has 4 aromatic rings. The van der Waals surface area contributed by atoms with Crippen molar-refractivity contribution in [3.05, 3.63) is 140 Å². The zero-order valence-corrected chi connectivity index (χ0v) is 28.8. The number of aryl methyl sites for hydroxylation is 1. The number of hydrogen-bond acceptors (Lipinski definition) is 8. The number of aromatic hydroxyl groups is 1. The summed E-state index contributed by atoms with van der Waals surface area (Å²) < 4.78 is 0.641. The van der Waals surface area contributed by atoms with Crippen molar-refractivity contribution in [2.75, 3.05) is 10.3 Å². The first-order chi connectivity index (χ1) is 24.5. The first kappa shape index (κ1) is 32.6. The van der Waals surface area contributed by atoms with Crippen molar-refractivity contribution in [3.63, 3.8) is 0 Å². The molecule has 2 N–H and O–H groups in total. The standard InChI is InChI=1S/C39H31BrN4O7/c1-21-10-13-24(14-11-21)41-43-36(47)31-20-29-27(15-16-28-33(29)37(48)42(35(28)46)25-8-5-9-26(19-25)44(50)51)34(30-18-23(40)12-17-32(30)45)39(31,38(43)49)22-6-3-2-4-7-22/h2-15,17-19,28-29,31,33-34,41,45H,16,20H2,1H3/t28-,29+,31-,33-,34+,39+/m0/s1.